The first-order valence-electron chi connectivity index (χ1n) is 10.7. The molecule has 0 heterocycles. The quantitative estimate of drug-likeness (QED) is 0.258. The predicted octanol–water partition coefficient (Wildman–Crippen LogP) is 7.34. The van der Waals surface area contributed by atoms with E-state index in [1.807, 2.05) is 0 Å². The van der Waals surface area contributed by atoms with Crippen molar-refractivity contribution in [1.82, 2.24) is 0 Å². The molecule has 0 spiro atoms. The first kappa shape index (κ1) is 20.5. The second kappa shape index (κ2) is 11.7. The molecule has 142 valence electrons. The monoisotopic (exact) mass is 346 g/mol. The largest absolute Gasteiger partial charge is 0.251 e. The van der Waals surface area contributed by atoms with Crippen molar-refractivity contribution in [3.05, 3.63) is 35.4 Å². The molecule has 2 nitrogen and oxygen atoms in total. The van der Waals surface area contributed by atoms with Crippen LogP contribution in [0.1, 0.15) is 102 Å². The van der Waals surface area contributed by atoms with Crippen LogP contribution in [-0.4, -0.2) is 5.26 Å². The summed E-state index contributed by atoms with van der Waals surface area (Å²) in [7, 11) is 0. The van der Waals surface area contributed by atoms with Gasteiger partial charge in [0.25, 0.3) is 0 Å². The van der Waals surface area contributed by atoms with Gasteiger partial charge in [-0.2, -0.15) is 0 Å². The molecule has 1 aromatic rings. The number of aryl methyl sites for hydroxylation is 1. The predicted molar refractivity (Wildman–Crippen MR) is 106 cm³/mol. The van der Waals surface area contributed by atoms with Crippen molar-refractivity contribution in [2.45, 2.75) is 97.0 Å². The Bertz CT molecular complexity index is 446. The van der Waals surface area contributed by atoms with Crippen molar-refractivity contribution in [2.24, 2.45) is 11.8 Å². The fourth-order valence-electron chi connectivity index (χ4n) is 4.33. The van der Waals surface area contributed by atoms with Gasteiger partial charge in [-0.25, -0.2) is 4.89 Å². The Morgan fingerprint density at radius 3 is 2.16 bits per heavy atom. The van der Waals surface area contributed by atoms with Gasteiger partial charge in [-0.1, -0.05) is 89.5 Å². The molecule has 25 heavy (non-hydrogen) atoms. The topological polar surface area (TPSA) is 29.5 Å². The normalized spacial score (nSPS) is 22.0. The Morgan fingerprint density at radius 1 is 0.920 bits per heavy atom. The van der Waals surface area contributed by atoms with E-state index in [1.165, 1.54) is 76.2 Å². The van der Waals surface area contributed by atoms with Crippen LogP contribution in [0.3, 0.4) is 0 Å². The Kier molecular flexibility index (Phi) is 9.57. The maximum Gasteiger partial charge on any atom is 0.120 e. The maximum absolute atomic E-state index is 9.51. The van der Waals surface area contributed by atoms with E-state index in [2.05, 4.69) is 38.1 Å². The molecule has 1 aromatic carbocycles. The van der Waals surface area contributed by atoms with E-state index in [0.717, 1.165) is 17.9 Å². The van der Waals surface area contributed by atoms with Crippen LogP contribution in [0, 0.1) is 11.8 Å². The summed E-state index contributed by atoms with van der Waals surface area (Å²) in [6, 6.07) is 8.76. The summed E-state index contributed by atoms with van der Waals surface area (Å²) in [5, 5.41) is 9.51. The van der Waals surface area contributed by atoms with E-state index < -0.39 is 0 Å². The van der Waals surface area contributed by atoms with E-state index in [0.29, 0.717) is 5.92 Å². The molecule has 1 saturated carbocycles. The molecule has 0 aromatic heterocycles. The molecule has 1 atom stereocenters. The van der Waals surface area contributed by atoms with Crippen molar-refractivity contribution in [1.29, 1.82) is 0 Å². The SMILES string of the molecule is CCCCCc1ccc(C(OO)C2CCC(CCCCC)CC2)cc1. The summed E-state index contributed by atoms with van der Waals surface area (Å²) in [6.45, 7) is 4.51. The van der Waals surface area contributed by atoms with Crippen LogP contribution >= 0.6 is 0 Å². The summed E-state index contributed by atoms with van der Waals surface area (Å²) in [5.74, 6) is 1.35. The number of rotatable bonds is 11. The molecule has 1 N–H and O–H groups in total. The van der Waals surface area contributed by atoms with Crippen molar-refractivity contribution < 1.29 is 10.1 Å². The fourth-order valence-corrected chi connectivity index (χ4v) is 4.33. The van der Waals surface area contributed by atoms with E-state index in [1.54, 1.807) is 0 Å². The Morgan fingerprint density at radius 2 is 1.56 bits per heavy atom. The average Bonchev–Trinajstić information content (AvgIpc) is 2.65. The van der Waals surface area contributed by atoms with Gasteiger partial charge >= 0.3 is 0 Å². The molecule has 0 aliphatic heterocycles. The summed E-state index contributed by atoms with van der Waals surface area (Å²) >= 11 is 0. The zero-order valence-corrected chi connectivity index (χ0v) is 16.4. The minimum atomic E-state index is -0.152. The molecule has 1 aliphatic carbocycles. The van der Waals surface area contributed by atoms with Crippen LogP contribution in [0.5, 0.6) is 0 Å². The van der Waals surface area contributed by atoms with Gasteiger partial charge in [0.15, 0.2) is 0 Å². The highest BCUT2D eigenvalue weighted by Crippen LogP contribution is 2.40. The fraction of sp³-hybridized carbons (Fsp3) is 0.739. The maximum atomic E-state index is 9.51. The van der Waals surface area contributed by atoms with Gasteiger partial charge in [0.05, 0.1) is 0 Å². The lowest BCUT2D eigenvalue weighted by Crippen LogP contribution is -2.22. The molecular formula is C23H38O2. The smallest absolute Gasteiger partial charge is 0.120 e. The lowest BCUT2D eigenvalue weighted by Gasteiger charge is -2.32. The molecular weight excluding hydrogens is 308 g/mol. The molecule has 1 fully saturated rings. The van der Waals surface area contributed by atoms with Gasteiger partial charge in [0, 0.05) is 0 Å². The van der Waals surface area contributed by atoms with E-state index in [4.69, 9.17) is 4.89 Å². The second-order valence-electron chi connectivity index (χ2n) is 8.00. The highest BCUT2D eigenvalue weighted by molar-refractivity contribution is 5.25. The zero-order valence-electron chi connectivity index (χ0n) is 16.4. The van der Waals surface area contributed by atoms with Gasteiger partial charge in [-0.05, 0) is 48.6 Å². The summed E-state index contributed by atoms with van der Waals surface area (Å²) in [5.41, 5.74) is 2.53. The van der Waals surface area contributed by atoms with Crippen LogP contribution in [0.25, 0.3) is 0 Å². The van der Waals surface area contributed by atoms with E-state index >= 15 is 0 Å². The number of hydrogen-bond donors (Lipinski definition) is 1. The number of unbranched alkanes of at least 4 members (excludes halogenated alkanes) is 4. The minimum Gasteiger partial charge on any atom is -0.251 e. The molecule has 0 radical (unpaired) electrons. The van der Waals surface area contributed by atoms with Crippen molar-refractivity contribution >= 4 is 0 Å². The molecule has 2 heteroatoms. The molecule has 0 bridgehead atoms. The standard InChI is InChI=1S/C23H38O2/c1-3-5-7-9-19-11-15-21(16-12-19)23(25-24)22-17-13-20(14-18-22)10-8-6-4-2/h11-12,15-16,20,22-24H,3-10,13-14,17-18H2,1-2H3. The van der Waals surface area contributed by atoms with Gasteiger partial charge in [-0.3, -0.25) is 5.26 Å². The van der Waals surface area contributed by atoms with Crippen LogP contribution < -0.4 is 0 Å². The molecule has 1 aliphatic rings. The highest BCUT2D eigenvalue weighted by atomic mass is 17.1. The van der Waals surface area contributed by atoms with Crippen LogP contribution in [-0.2, 0) is 11.3 Å². The van der Waals surface area contributed by atoms with Crippen molar-refractivity contribution in [3.63, 3.8) is 0 Å². The van der Waals surface area contributed by atoms with Gasteiger partial charge in [0.2, 0.25) is 0 Å². The molecule has 0 amide bonds. The Hall–Kier alpha value is -0.860. The second-order valence-corrected chi connectivity index (χ2v) is 8.00. The van der Waals surface area contributed by atoms with E-state index in [9.17, 15) is 5.26 Å². The van der Waals surface area contributed by atoms with Crippen molar-refractivity contribution in [2.75, 3.05) is 0 Å². The summed E-state index contributed by atoms with van der Waals surface area (Å²) in [6.07, 6.45) is 15.2. The van der Waals surface area contributed by atoms with Gasteiger partial charge in [0.1, 0.15) is 6.10 Å². The lowest BCUT2D eigenvalue weighted by atomic mass is 9.76. The lowest BCUT2D eigenvalue weighted by molar-refractivity contribution is -0.296. The number of benzene rings is 1. The molecule has 2 rings (SSSR count). The minimum absolute atomic E-state index is 0.152. The average molecular weight is 347 g/mol. The first-order valence-corrected chi connectivity index (χ1v) is 10.7. The number of hydrogen-bond acceptors (Lipinski definition) is 2. The van der Waals surface area contributed by atoms with Crippen LogP contribution in [0.15, 0.2) is 24.3 Å². The highest BCUT2D eigenvalue weighted by Gasteiger charge is 2.29. The van der Waals surface area contributed by atoms with Crippen LogP contribution in [0.2, 0.25) is 0 Å². The van der Waals surface area contributed by atoms with Crippen molar-refractivity contribution in [3.8, 4) is 0 Å². The third kappa shape index (κ3) is 6.75. The Balaban J connectivity index is 1.83. The molecule has 0 saturated heterocycles. The van der Waals surface area contributed by atoms with Gasteiger partial charge in [-0.15, -0.1) is 0 Å². The summed E-state index contributed by atoms with van der Waals surface area (Å²) < 4.78 is 0. The third-order valence-electron chi connectivity index (χ3n) is 6.03. The molecule has 1 unspecified atom stereocenters. The van der Waals surface area contributed by atoms with E-state index in [-0.39, 0.29) is 6.10 Å². The zero-order chi connectivity index (χ0) is 17.9. The van der Waals surface area contributed by atoms with Gasteiger partial charge < -0.3 is 0 Å². The third-order valence-corrected chi connectivity index (χ3v) is 6.03. The summed E-state index contributed by atoms with van der Waals surface area (Å²) in [4.78, 5) is 4.95. The first-order chi connectivity index (χ1) is 12.3. The Labute approximate surface area is 154 Å². The van der Waals surface area contributed by atoms with Crippen LogP contribution in [0.4, 0.5) is 0 Å².